The van der Waals surface area contributed by atoms with Gasteiger partial charge >= 0.3 is 0 Å². The fourth-order valence-corrected chi connectivity index (χ4v) is 2.60. The molecule has 1 fully saturated rings. The second-order valence-corrected chi connectivity index (χ2v) is 5.04. The van der Waals surface area contributed by atoms with Gasteiger partial charge in [-0.1, -0.05) is 12.1 Å². The second-order valence-electron chi connectivity index (χ2n) is 4.42. The molecule has 0 amide bonds. The zero-order valence-corrected chi connectivity index (χ0v) is 9.67. The van der Waals surface area contributed by atoms with E-state index in [0.29, 0.717) is 11.3 Å². The van der Waals surface area contributed by atoms with Crippen LogP contribution in [-0.2, 0) is 0 Å². The lowest BCUT2D eigenvalue weighted by Gasteiger charge is -2.30. The number of rotatable bonds is 3. The van der Waals surface area contributed by atoms with Crippen molar-refractivity contribution in [2.24, 2.45) is 5.92 Å². The zero-order valence-electron chi connectivity index (χ0n) is 8.91. The van der Waals surface area contributed by atoms with E-state index < -0.39 is 0 Å². The predicted molar refractivity (Wildman–Crippen MR) is 66.9 cm³/mol. The summed E-state index contributed by atoms with van der Waals surface area (Å²) in [4.78, 5) is 7.72. The Morgan fingerprint density at radius 3 is 2.94 bits per heavy atom. The van der Waals surface area contributed by atoms with Gasteiger partial charge in [-0.3, -0.25) is 0 Å². The summed E-state index contributed by atoms with van der Waals surface area (Å²) in [7, 11) is 0. The Morgan fingerprint density at radius 2 is 2.19 bits per heavy atom. The summed E-state index contributed by atoms with van der Waals surface area (Å²) in [5, 5.41) is 3.72. The molecule has 1 aliphatic carbocycles. The van der Waals surface area contributed by atoms with Crippen molar-refractivity contribution in [3.05, 3.63) is 24.3 Å². The largest absolute Gasteiger partial charge is 0.356 e. The van der Waals surface area contributed by atoms with Crippen molar-refractivity contribution >= 4 is 28.6 Å². The third-order valence-corrected chi connectivity index (χ3v) is 3.48. The number of nitrogens with one attached hydrogen (secondary N) is 2. The first-order valence-corrected chi connectivity index (χ1v) is 6.07. The summed E-state index contributed by atoms with van der Waals surface area (Å²) in [6.07, 6.45) is 2.24. The molecule has 1 heterocycles. The minimum Gasteiger partial charge on any atom is -0.356 e. The van der Waals surface area contributed by atoms with Crippen molar-refractivity contribution in [2.45, 2.75) is 18.2 Å². The molecule has 1 saturated carbocycles. The van der Waals surface area contributed by atoms with Crippen LogP contribution in [0.4, 0.5) is 5.95 Å². The van der Waals surface area contributed by atoms with E-state index in [1.54, 1.807) is 0 Å². The summed E-state index contributed by atoms with van der Waals surface area (Å²) in [6, 6.07) is 8.05. The number of hydrogen-bond donors (Lipinski definition) is 2. The number of benzene rings is 1. The number of hydrogen-bond acceptors (Lipinski definition) is 2. The number of fused-ring (bicyclic) bond motifs is 1. The van der Waals surface area contributed by atoms with Crippen molar-refractivity contribution in [1.82, 2.24) is 9.97 Å². The first-order valence-electron chi connectivity index (χ1n) is 5.64. The van der Waals surface area contributed by atoms with Crippen LogP contribution in [0.3, 0.4) is 0 Å². The Balaban J connectivity index is 1.65. The van der Waals surface area contributed by atoms with Gasteiger partial charge in [0.2, 0.25) is 5.95 Å². The monoisotopic (exact) mass is 235 g/mol. The van der Waals surface area contributed by atoms with Crippen LogP contribution in [0.1, 0.15) is 12.8 Å². The van der Waals surface area contributed by atoms with Gasteiger partial charge in [0.25, 0.3) is 0 Å². The van der Waals surface area contributed by atoms with Gasteiger partial charge in [0.05, 0.1) is 11.0 Å². The molecule has 4 heteroatoms. The lowest BCUT2D eigenvalue weighted by atomic mass is 9.85. The highest BCUT2D eigenvalue weighted by molar-refractivity contribution is 6.21. The summed E-state index contributed by atoms with van der Waals surface area (Å²) in [6.45, 7) is 0.961. The molecule has 16 heavy (non-hydrogen) atoms. The van der Waals surface area contributed by atoms with Crippen LogP contribution in [0.5, 0.6) is 0 Å². The fourth-order valence-electron chi connectivity index (χ4n) is 2.10. The molecule has 1 aromatic carbocycles. The molecular weight excluding hydrogens is 222 g/mol. The maximum atomic E-state index is 5.94. The van der Waals surface area contributed by atoms with Gasteiger partial charge in [-0.25, -0.2) is 4.98 Å². The number of aromatic nitrogens is 2. The van der Waals surface area contributed by atoms with Gasteiger partial charge in [0, 0.05) is 11.9 Å². The lowest BCUT2D eigenvalue weighted by molar-refractivity contribution is 0.341. The Morgan fingerprint density at radius 1 is 1.38 bits per heavy atom. The highest BCUT2D eigenvalue weighted by Gasteiger charge is 2.26. The van der Waals surface area contributed by atoms with E-state index in [1.807, 2.05) is 24.3 Å². The van der Waals surface area contributed by atoms with Gasteiger partial charge in [-0.2, -0.15) is 0 Å². The summed E-state index contributed by atoms with van der Waals surface area (Å²) < 4.78 is 0. The Labute approximate surface area is 99.2 Å². The fraction of sp³-hybridized carbons (Fsp3) is 0.417. The van der Waals surface area contributed by atoms with Gasteiger partial charge in [0.15, 0.2) is 0 Å². The third kappa shape index (κ3) is 1.87. The predicted octanol–water partition coefficient (Wildman–Crippen LogP) is 2.99. The quantitative estimate of drug-likeness (QED) is 0.803. The lowest BCUT2D eigenvalue weighted by Crippen LogP contribution is -2.30. The molecule has 0 spiro atoms. The number of aromatic amines is 1. The molecule has 2 aromatic rings. The molecule has 3 nitrogen and oxygen atoms in total. The number of para-hydroxylation sites is 2. The van der Waals surface area contributed by atoms with Crippen LogP contribution in [-0.4, -0.2) is 21.9 Å². The van der Waals surface area contributed by atoms with Crippen LogP contribution >= 0.6 is 11.6 Å². The summed E-state index contributed by atoms with van der Waals surface area (Å²) in [5.41, 5.74) is 2.09. The average molecular weight is 236 g/mol. The standard InChI is InChI=1S/C12H14ClN3/c13-9-5-8(6-9)7-14-12-15-10-3-1-2-4-11(10)16-12/h1-4,8-9H,5-7H2,(H2,14,15,16). The highest BCUT2D eigenvalue weighted by Crippen LogP contribution is 2.31. The first-order chi connectivity index (χ1) is 7.81. The maximum absolute atomic E-state index is 5.94. The zero-order chi connectivity index (χ0) is 11.0. The van der Waals surface area contributed by atoms with Crippen molar-refractivity contribution < 1.29 is 0 Å². The Bertz CT molecular complexity index is 455. The molecule has 1 aliphatic rings. The Hall–Kier alpha value is -1.22. The van der Waals surface area contributed by atoms with E-state index in [-0.39, 0.29) is 0 Å². The second kappa shape index (κ2) is 3.98. The van der Waals surface area contributed by atoms with Crippen LogP contribution < -0.4 is 5.32 Å². The average Bonchev–Trinajstić information content (AvgIpc) is 2.65. The topological polar surface area (TPSA) is 40.7 Å². The van der Waals surface area contributed by atoms with Gasteiger partial charge in [-0.05, 0) is 30.9 Å². The van der Waals surface area contributed by atoms with Crippen LogP contribution in [0, 0.1) is 5.92 Å². The summed E-state index contributed by atoms with van der Waals surface area (Å²) in [5.74, 6) is 1.56. The summed E-state index contributed by atoms with van der Waals surface area (Å²) >= 11 is 5.94. The third-order valence-electron chi connectivity index (χ3n) is 3.13. The highest BCUT2D eigenvalue weighted by atomic mass is 35.5. The number of H-pyrrole nitrogens is 1. The molecule has 0 bridgehead atoms. The minimum absolute atomic E-state index is 0.391. The first kappa shape index (κ1) is 9.97. The maximum Gasteiger partial charge on any atom is 0.201 e. The van der Waals surface area contributed by atoms with Gasteiger partial charge in [0.1, 0.15) is 0 Å². The van der Waals surface area contributed by atoms with Crippen LogP contribution in [0.25, 0.3) is 11.0 Å². The number of anilines is 1. The van der Waals surface area contributed by atoms with Gasteiger partial charge < -0.3 is 10.3 Å². The van der Waals surface area contributed by atoms with E-state index in [4.69, 9.17) is 11.6 Å². The number of alkyl halides is 1. The van der Waals surface area contributed by atoms with E-state index >= 15 is 0 Å². The molecule has 0 saturated heterocycles. The molecule has 0 aliphatic heterocycles. The molecule has 1 aromatic heterocycles. The smallest absolute Gasteiger partial charge is 0.201 e. The SMILES string of the molecule is ClC1CC(CNc2nc3ccccc3[nH]2)C1. The molecule has 0 atom stereocenters. The molecule has 3 rings (SSSR count). The molecular formula is C12H14ClN3. The van der Waals surface area contributed by atoms with Crippen molar-refractivity contribution in [2.75, 3.05) is 11.9 Å². The van der Waals surface area contributed by atoms with Crippen molar-refractivity contribution in [3.63, 3.8) is 0 Å². The molecule has 0 unspecified atom stereocenters. The van der Waals surface area contributed by atoms with Gasteiger partial charge in [-0.15, -0.1) is 11.6 Å². The van der Waals surface area contributed by atoms with E-state index in [2.05, 4.69) is 15.3 Å². The van der Waals surface area contributed by atoms with Crippen molar-refractivity contribution in [1.29, 1.82) is 0 Å². The van der Waals surface area contributed by atoms with E-state index in [0.717, 1.165) is 36.4 Å². The molecule has 0 radical (unpaired) electrons. The van der Waals surface area contributed by atoms with Crippen LogP contribution in [0.2, 0.25) is 0 Å². The van der Waals surface area contributed by atoms with Crippen molar-refractivity contribution in [3.8, 4) is 0 Å². The number of nitrogens with zero attached hydrogens (tertiary/aromatic N) is 1. The Kier molecular flexibility index (Phi) is 2.48. The van der Waals surface area contributed by atoms with Crippen LogP contribution in [0.15, 0.2) is 24.3 Å². The number of halogens is 1. The minimum atomic E-state index is 0.391. The number of imidazole rings is 1. The van der Waals surface area contributed by atoms with E-state index in [9.17, 15) is 0 Å². The normalized spacial score (nSPS) is 24.3. The van der Waals surface area contributed by atoms with E-state index in [1.165, 1.54) is 0 Å². The molecule has 2 N–H and O–H groups in total. The molecule has 84 valence electrons.